The molecule has 4 nitrogen and oxygen atoms in total. The lowest BCUT2D eigenvalue weighted by atomic mass is 10.3. The summed E-state index contributed by atoms with van der Waals surface area (Å²) in [6.45, 7) is 0. The van der Waals surface area contributed by atoms with E-state index in [0.717, 1.165) is 10.8 Å². The number of para-hydroxylation sites is 1. The van der Waals surface area contributed by atoms with Crippen molar-refractivity contribution in [3.05, 3.63) is 54.2 Å². The Morgan fingerprint density at radius 2 is 2.17 bits per heavy atom. The maximum absolute atomic E-state index is 11.6. The zero-order valence-electron chi connectivity index (χ0n) is 9.91. The first kappa shape index (κ1) is 12.4. The van der Waals surface area contributed by atoms with Gasteiger partial charge in [-0.05, 0) is 17.5 Å². The minimum atomic E-state index is -0.150. The van der Waals surface area contributed by atoms with E-state index < -0.39 is 0 Å². The molecule has 1 amide bonds. The Morgan fingerprint density at radius 1 is 1.39 bits per heavy atom. The quantitative estimate of drug-likeness (QED) is 0.678. The third-order valence-electron chi connectivity index (χ3n) is 2.21. The normalized spacial score (nSPS) is 10.7. The van der Waals surface area contributed by atoms with Gasteiger partial charge in [-0.15, -0.1) is 0 Å². The monoisotopic (exact) mass is 259 g/mol. The zero-order valence-corrected chi connectivity index (χ0v) is 10.7. The van der Waals surface area contributed by atoms with Gasteiger partial charge in [0.15, 0.2) is 5.16 Å². The molecule has 0 atom stereocenters. The van der Waals surface area contributed by atoms with Gasteiger partial charge in [-0.3, -0.25) is 4.79 Å². The van der Waals surface area contributed by atoms with Crippen LogP contribution >= 0.6 is 11.8 Å². The van der Waals surface area contributed by atoms with Crippen molar-refractivity contribution in [1.82, 2.24) is 9.55 Å². The summed E-state index contributed by atoms with van der Waals surface area (Å²) in [4.78, 5) is 15.7. The zero-order chi connectivity index (χ0) is 12.8. The van der Waals surface area contributed by atoms with Crippen LogP contribution < -0.4 is 5.32 Å². The van der Waals surface area contributed by atoms with E-state index in [9.17, 15) is 4.79 Å². The number of hydrogen-bond acceptors (Lipinski definition) is 3. The first-order chi connectivity index (χ1) is 8.75. The summed E-state index contributed by atoms with van der Waals surface area (Å²) in [5.74, 6) is -0.150. The van der Waals surface area contributed by atoms with Gasteiger partial charge in [-0.2, -0.15) is 0 Å². The van der Waals surface area contributed by atoms with E-state index in [1.54, 1.807) is 11.6 Å². The van der Waals surface area contributed by atoms with Crippen LogP contribution in [0.15, 0.2) is 59.4 Å². The Balaban J connectivity index is 1.86. The van der Waals surface area contributed by atoms with Gasteiger partial charge in [0, 0.05) is 31.2 Å². The molecule has 1 aromatic heterocycles. The number of hydrogen-bond donors (Lipinski definition) is 1. The molecule has 0 aliphatic rings. The molecule has 0 unspecified atom stereocenters. The number of thioether (sulfide) groups is 1. The van der Waals surface area contributed by atoms with Crippen molar-refractivity contribution in [3.63, 3.8) is 0 Å². The van der Waals surface area contributed by atoms with Gasteiger partial charge >= 0.3 is 0 Å². The van der Waals surface area contributed by atoms with Crippen LogP contribution in [0.1, 0.15) is 0 Å². The van der Waals surface area contributed by atoms with Gasteiger partial charge in [0.25, 0.3) is 0 Å². The number of nitrogens with zero attached hydrogens (tertiary/aromatic N) is 2. The van der Waals surface area contributed by atoms with E-state index >= 15 is 0 Å². The number of imidazole rings is 1. The summed E-state index contributed by atoms with van der Waals surface area (Å²) in [6, 6.07) is 9.35. The van der Waals surface area contributed by atoms with Crippen molar-refractivity contribution in [2.75, 3.05) is 5.32 Å². The van der Waals surface area contributed by atoms with Crippen molar-refractivity contribution in [2.45, 2.75) is 5.16 Å². The van der Waals surface area contributed by atoms with E-state index in [0.29, 0.717) is 0 Å². The summed E-state index contributed by atoms with van der Waals surface area (Å²) in [5.41, 5.74) is 0.786. The summed E-state index contributed by atoms with van der Waals surface area (Å²) < 4.78 is 1.89. The predicted octanol–water partition coefficient (Wildman–Crippen LogP) is 2.66. The highest BCUT2D eigenvalue weighted by Crippen LogP contribution is 2.15. The number of carbonyl (C=O) groups excluding carboxylic acids is 1. The van der Waals surface area contributed by atoms with Crippen LogP contribution in [0.2, 0.25) is 0 Å². The van der Waals surface area contributed by atoms with E-state index in [4.69, 9.17) is 0 Å². The number of carbonyl (C=O) groups is 1. The Bertz CT molecular complexity index is 548. The van der Waals surface area contributed by atoms with Gasteiger partial charge in [-0.1, -0.05) is 30.0 Å². The lowest BCUT2D eigenvalue weighted by Gasteiger charge is -2.00. The van der Waals surface area contributed by atoms with Crippen molar-refractivity contribution in [2.24, 2.45) is 7.05 Å². The molecule has 0 radical (unpaired) electrons. The van der Waals surface area contributed by atoms with Crippen molar-refractivity contribution < 1.29 is 4.79 Å². The lowest BCUT2D eigenvalue weighted by molar-refractivity contribution is -0.111. The largest absolute Gasteiger partial charge is 0.329 e. The predicted molar refractivity (Wildman–Crippen MR) is 73.3 cm³/mol. The highest BCUT2D eigenvalue weighted by atomic mass is 32.2. The number of anilines is 1. The van der Waals surface area contributed by atoms with Crippen LogP contribution in [0.3, 0.4) is 0 Å². The van der Waals surface area contributed by atoms with Gasteiger partial charge in [0.1, 0.15) is 0 Å². The molecule has 0 spiro atoms. The highest BCUT2D eigenvalue weighted by Gasteiger charge is 1.98. The van der Waals surface area contributed by atoms with E-state index in [1.807, 2.05) is 48.1 Å². The molecule has 0 aliphatic carbocycles. The number of nitrogens with one attached hydrogen (secondary N) is 1. The van der Waals surface area contributed by atoms with Gasteiger partial charge in [0.05, 0.1) is 0 Å². The Morgan fingerprint density at radius 3 is 2.83 bits per heavy atom. The molecule has 18 heavy (non-hydrogen) atoms. The summed E-state index contributed by atoms with van der Waals surface area (Å²) in [7, 11) is 1.91. The molecular formula is C13H13N3OS. The van der Waals surface area contributed by atoms with E-state index in [-0.39, 0.29) is 5.91 Å². The van der Waals surface area contributed by atoms with Gasteiger partial charge in [-0.25, -0.2) is 4.98 Å². The number of rotatable bonds is 4. The molecule has 0 saturated carbocycles. The van der Waals surface area contributed by atoms with Gasteiger partial charge < -0.3 is 9.88 Å². The average Bonchev–Trinajstić information content (AvgIpc) is 2.76. The molecule has 0 saturated heterocycles. The van der Waals surface area contributed by atoms with Crippen molar-refractivity contribution >= 4 is 23.4 Å². The van der Waals surface area contributed by atoms with Crippen LogP contribution in [0, 0.1) is 0 Å². The second-order valence-corrected chi connectivity index (χ2v) is 4.47. The third-order valence-corrected chi connectivity index (χ3v) is 3.09. The molecule has 0 aliphatic heterocycles. The number of benzene rings is 1. The number of aromatic nitrogens is 2. The van der Waals surface area contributed by atoms with Crippen LogP contribution in [0.5, 0.6) is 0 Å². The fourth-order valence-corrected chi connectivity index (χ4v) is 1.99. The fourth-order valence-electron chi connectivity index (χ4n) is 1.33. The molecule has 0 fully saturated rings. The molecule has 0 bridgehead atoms. The fraction of sp³-hybridized carbons (Fsp3) is 0.0769. The minimum absolute atomic E-state index is 0.150. The van der Waals surface area contributed by atoms with Crippen molar-refractivity contribution in [1.29, 1.82) is 0 Å². The average molecular weight is 259 g/mol. The topological polar surface area (TPSA) is 46.9 Å². The Hall–Kier alpha value is -2.01. The smallest absolute Gasteiger partial charge is 0.248 e. The summed E-state index contributed by atoms with van der Waals surface area (Å²) in [5, 5.41) is 5.34. The molecule has 1 aromatic carbocycles. The standard InChI is InChI=1S/C13H13N3OS/c1-16-9-8-14-13(16)18-10-7-12(17)15-11-5-3-2-4-6-11/h2-10H,1H3,(H,15,17). The lowest BCUT2D eigenvalue weighted by Crippen LogP contribution is -2.07. The van der Waals surface area contributed by atoms with Crippen LogP contribution in [-0.2, 0) is 11.8 Å². The van der Waals surface area contributed by atoms with Gasteiger partial charge in [0.2, 0.25) is 5.91 Å². The second-order valence-electron chi connectivity index (χ2n) is 3.60. The van der Waals surface area contributed by atoms with E-state index in [1.165, 1.54) is 17.8 Å². The van der Waals surface area contributed by atoms with Crippen molar-refractivity contribution in [3.8, 4) is 0 Å². The first-order valence-corrected chi connectivity index (χ1v) is 6.30. The molecular weight excluding hydrogens is 246 g/mol. The minimum Gasteiger partial charge on any atom is -0.329 e. The summed E-state index contributed by atoms with van der Waals surface area (Å²) in [6.07, 6.45) is 5.08. The SMILES string of the molecule is Cn1ccnc1SC=CC(=O)Nc1ccccc1. The third kappa shape index (κ3) is 3.49. The summed E-state index contributed by atoms with van der Waals surface area (Å²) >= 11 is 1.40. The number of amides is 1. The first-order valence-electron chi connectivity index (χ1n) is 5.42. The molecule has 2 rings (SSSR count). The maximum atomic E-state index is 11.6. The second kappa shape index (κ2) is 6.07. The molecule has 2 aromatic rings. The van der Waals surface area contributed by atoms with Crippen LogP contribution in [0.25, 0.3) is 0 Å². The Kier molecular flexibility index (Phi) is 4.20. The van der Waals surface area contributed by atoms with Crippen LogP contribution in [0.4, 0.5) is 5.69 Å². The molecule has 1 N–H and O–H groups in total. The number of aryl methyl sites for hydroxylation is 1. The molecule has 5 heteroatoms. The highest BCUT2D eigenvalue weighted by molar-refractivity contribution is 8.02. The maximum Gasteiger partial charge on any atom is 0.248 e. The Labute approximate surface area is 110 Å². The molecule has 92 valence electrons. The van der Waals surface area contributed by atoms with Crippen LogP contribution in [-0.4, -0.2) is 15.5 Å². The van der Waals surface area contributed by atoms with E-state index in [2.05, 4.69) is 10.3 Å². The molecule has 1 heterocycles.